The van der Waals surface area contributed by atoms with Gasteiger partial charge in [0.05, 0.1) is 11.2 Å². The third-order valence-corrected chi connectivity index (χ3v) is 5.74. The molecule has 5 nitrogen and oxygen atoms in total. The van der Waals surface area contributed by atoms with Crippen LogP contribution in [0.4, 0.5) is 5.69 Å². The van der Waals surface area contributed by atoms with Gasteiger partial charge < -0.3 is 5.32 Å². The van der Waals surface area contributed by atoms with Crippen molar-refractivity contribution in [3.63, 3.8) is 0 Å². The molecule has 1 fully saturated rings. The van der Waals surface area contributed by atoms with Crippen LogP contribution in [0.25, 0.3) is 5.69 Å². The summed E-state index contributed by atoms with van der Waals surface area (Å²) in [5, 5.41) is 16.7. The highest BCUT2D eigenvalue weighted by Crippen LogP contribution is 2.41. The van der Waals surface area contributed by atoms with Crippen molar-refractivity contribution in [3.05, 3.63) is 65.5 Å². The summed E-state index contributed by atoms with van der Waals surface area (Å²) in [6.07, 6.45) is 4.38. The number of benzene rings is 2. The molecule has 4 rings (SSSR count). The van der Waals surface area contributed by atoms with E-state index in [1.165, 1.54) is 24.0 Å². The van der Waals surface area contributed by atoms with E-state index in [9.17, 15) is 0 Å². The maximum Gasteiger partial charge on any atom is 0.181 e. The van der Waals surface area contributed by atoms with E-state index in [1.807, 2.05) is 4.68 Å². The molecule has 1 aliphatic carbocycles. The zero-order valence-corrected chi connectivity index (χ0v) is 16.3. The van der Waals surface area contributed by atoms with Crippen LogP contribution in [0, 0.1) is 19.8 Å². The van der Waals surface area contributed by atoms with Gasteiger partial charge in [-0.05, 0) is 80.1 Å². The number of nitrogens with zero attached hydrogens (tertiary/aromatic N) is 4. The van der Waals surface area contributed by atoms with Crippen molar-refractivity contribution in [1.82, 2.24) is 20.2 Å². The van der Waals surface area contributed by atoms with Gasteiger partial charge in [-0.2, -0.15) is 4.68 Å². The quantitative estimate of drug-likeness (QED) is 0.725. The monoisotopic (exact) mass is 361 g/mol. The Labute approximate surface area is 160 Å². The van der Waals surface area contributed by atoms with Gasteiger partial charge >= 0.3 is 0 Å². The van der Waals surface area contributed by atoms with Crippen molar-refractivity contribution >= 4 is 5.69 Å². The summed E-state index contributed by atoms with van der Waals surface area (Å²) in [5.74, 6) is 1.64. The molecule has 0 atom stereocenters. The van der Waals surface area contributed by atoms with E-state index in [0.717, 1.165) is 36.0 Å². The van der Waals surface area contributed by atoms with Gasteiger partial charge in [0.1, 0.15) is 0 Å². The number of hydrogen-bond acceptors (Lipinski definition) is 4. The highest BCUT2D eigenvalue weighted by molar-refractivity contribution is 5.48. The van der Waals surface area contributed by atoms with Gasteiger partial charge in [0.2, 0.25) is 0 Å². The van der Waals surface area contributed by atoms with Crippen molar-refractivity contribution in [2.45, 2.75) is 52.0 Å². The number of tetrazole rings is 1. The Hall–Kier alpha value is -2.69. The van der Waals surface area contributed by atoms with E-state index in [4.69, 9.17) is 0 Å². The van der Waals surface area contributed by atoms with E-state index in [1.54, 1.807) is 0 Å². The Kier molecular flexibility index (Phi) is 4.68. The van der Waals surface area contributed by atoms with Crippen LogP contribution in [0.2, 0.25) is 0 Å². The molecular weight excluding hydrogens is 334 g/mol. The van der Waals surface area contributed by atoms with Crippen molar-refractivity contribution in [2.24, 2.45) is 5.92 Å². The van der Waals surface area contributed by atoms with Crippen LogP contribution < -0.4 is 5.32 Å². The molecule has 2 aromatic carbocycles. The fourth-order valence-corrected chi connectivity index (χ4v) is 3.92. The lowest BCUT2D eigenvalue weighted by Crippen LogP contribution is -2.41. The van der Waals surface area contributed by atoms with E-state index in [2.05, 4.69) is 90.1 Å². The summed E-state index contributed by atoms with van der Waals surface area (Å²) in [4.78, 5) is 0. The summed E-state index contributed by atoms with van der Waals surface area (Å²) < 4.78 is 1.90. The van der Waals surface area contributed by atoms with Gasteiger partial charge in [-0.3, -0.25) is 0 Å². The number of aryl methyl sites for hydroxylation is 2. The van der Waals surface area contributed by atoms with Crippen molar-refractivity contribution < 1.29 is 0 Å². The third-order valence-electron chi connectivity index (χ3n) is 5.74. The Morgan fingerprint density at radius 3 is 2.15 bits per heavy atom. The van der Waals surface area contributed by atoms with E-state index in [0.29, 0.717) is 0 Å². The average Bonchev–Trinajstić information content (AvgIpc) is 3.17. The van der Waals surface area contributed by atoms with Gasteiger partial charge in [0.25, 0.3) is 0 Å². The average molecular weight is 361 g/mol. The molecule has 0 unspecified atom stereocenters. The number of hydrogen-bond donors (Lipinski definition) is 1. The summed E-state index contributed by atoms with van der Waals surface area (Å²) in [6, 6.07) is 17.0. The first kappa shape index (κ1) is 17.7. The van der Waals surface area contributed by atoms with Gasteiger partial charge in [-0.25, -0.2) is 0 Å². The highest BCUT2D eigenvalue weighted by atomic mass is 15.6. The molecule has 5 heteroatoms. The van der Waals surface area contributed by atoms with E-state index in [-0.39, 0.29) is 5.54 Å². The van der Waals surface area contributed by atoms with Crippen molar-refractivity contribution in [1.29, 1.82) is 0 Å². The van der Waals surface area contributed by atoms with Gasteiger partial charge in [0.15, 0.2) is 5.82 Å². The van der Waals surface area contributed by atoms with Gasteiger partial charge in [0, 0.05) is 5.69 Å². The van der Waals surface area contributed by atoms with Crippen molar-refractivity contribution in [2.75, 3.05) is 5.32 Å². The molecule has 1 N–H and O–H groups in total. The zero-order chi connectivity index (χ0) is 18.9. The van der Waals surface area contributed by atoms with Gasteiger partial charge in [-0.1, -0.05) is 42.3 Å². The molecule has 140 valence electrons. The van der Waals surface area contributed by atoms with Crippen LogP contribution in [0.1, 0.15) is 49.6 Å². The topological polar surface area (TPSA) is 55.6 Å². The molecule has 27 heavy (non-hydrogen) atoms. The Balaban J connectivity index is 1.74. The smallest absolute Gasteiger partial charge is 0.181 e. The standard InChI is InChI=1S/C22H27N5/c1-16-4-8-19(9-5-16)23-22(14-12-18(3)13-15-22)21-24-25-26-27(21)20-10-6-17(2)7-11-20/h4-11,18,23H,12-15H2,1-3H3. The highest BCUT2D eigenvalue weighted by Gasteiger charge is 2.40. The fraction of sp³-hybridized carbons (Fsp3) is 0.409. The SMILES string of the molecule is Cc1ccc(NC2(c3nnnn3-c3ccc(C)cc3)CCC(C)CC2)cc1. The Morgan fingerprint density at radius 1 is 0.926 bits per heavy atom. The van der Waals surface area contributed by atoms with Crippen LogP contribution >= 0.6 is 0 Å². The molecule has 1 saturated carbocycles. The largest absolute Gasteiger partial charge is 0.373 e. The predicted octanol–water partition coefficient (Wildman–Crippen LogP) is 4.80. The van der Waals surface area contributed by atoms with E-state index < -0.39 is 0 Å². The lowest BCUT2D eigenvalue weighted by molar-refractivity contribution is 0.255. The molecule has 0 amide bonds. The number of anilines is 1. The van der Waals surface area contributed by atoms with Crippen LogP contribution in [-0.2, 0) is 5.54 Å². The summed E-state index contributed by atoms with van der Waals surface area (Å²) in [7, 11) is 0. The van der Waals surface area contributed by atoms with Crippen LogP contribution in [0.5, 0.6) is 0 Å². The Morgan fingerprint density at radius 2 is 1.52 bits per heavy atom. The third kappa shape index (κ3) is 3.59. The predicted molar refractivity (Wildman–Crippen MR) is 108 cm³/mol. The molecule has 1 aliphatic rings. The minimum Gasteiger partial charge on any atom is -0.373 e. The second-order valence-corrected chi connectivity index (χ2v) is 8.01. The van der Waals surface area contributed by atoms with Crippen LogP contribution in [0.15, 0.2) is 48.5 Å². The molecule has 1 heterocycles. The molecule has 0 radical (unpaired) electrons. The minimum atomic E-state index is -0.254. The first-order chi connectivity index (χ1) is 13.1. The number of aromatic nitrogens is 4. The second-order valence-electron chi connectivity index (χ2n) is 8.01. The molecule has 3 aromatic rings. The maximum absolute atomic E-state index is 4.49. The molecular formula is C22H27N5. The number of rotatable bonds is 4. The zero-order valence-electron chi connectivity index (χ0n) is 16.3. The summed E-state index contributed by atoms with van der Waals surface area (Å²) in [6.45, 7) is 6.53. The van der Waals surface area contributed by atoms with Crippen LogP contribution in [0.3, 0.4) is 0 Å². The molecule has 0 aliphatic heterocycles. The number of nitrogens with one attached hydrogen (secondary N) is 1. The van der Waals surface area contributed by atoms with E-state index >= 15 is 0 Å². The first-order valence-corrected chi connectivity index (χ1v) is 9.76. The summed E-state index contributed by atoms with van der Waals surface area (Å²) >= 11 is 0. The van der Waals surface area contributed by atoms with Gasteiger partial charge in [-0.15, -0.1) is 5.10 Å². The molecule has 0 saturated heterocycles. The van der Waals surface area contributed by atoms with Crippen molar-refractivity contribution in [3.8, 4) is 5.69 Å². The Bertz CT molecular complexity index is 887. The summed E-state index contributed by atoms with van der Waals surface area (Å²) in [5.41, 5.74) is 4.36. The maximum atomic E-state index is 4.49. The second kappa shape index (κ2) is 7.14. The molecule has 0 bridgehead atoms. The minimum absolute atomic E-state index is 0.254. The lowest BCUT2D eigenvalue weighted by atomic mass is 9.76. The normalized spacial score (nSPS) is 22.6. The molecule has 0 spiro atoms. The van der Waals surface area contributed by atoms with Crippen LogP contribution in [-0.4, -0.2) is 20.2 Å². The molecule has 1 aromatic heterocycles. The first-order valence-electron chi connectivity index (χ1n) is 9.76. The lowest BCUT2D eigenvalue weighted by Gasteiger charge is -2.39. The fourth-order valence-electron chi connectivity index (χ4n) is 3.92.